The van der Waals surface area contributed by atoms with E-state index in [4.69, 9.17) is 18.0 Å². The van der Waals surface area contributed by atoms with E-state index in [9.17, 15) is 0 Å². The number of rotatable bonds is 2. The van der Waals surface area contributed by atoms with Gasteiger partial charge >= 0.3 is 0 Å². The van der Waals surface area contributed by atoms with Crippen LogP contribution in [0.1, 0.15) is 5.56 Å². The summed E-state index contributed by atoms with van der Waals surface area (Å²) in [7, 11) is 0. The summed E-state index contributed by atoms with van der Waals surface area (Å²) < 4.78 is 1.63. The van der Waals surface area contributed by atoms with E-state index in [1.165, 1.54) is 0 Å². The predicted molar refractivity (Wildman–Crippen MR) is 57.2 cm³/mol. The molecular formula is C9H8N4S. The van der Waals surface area contributed by atoms with Crippen LogP contribution >= 0.6 is 12.2 Å². The van der Waals surface area contributed by atoms with E-state index in [0.717, 1.165) is 5.56 Å². The maximum Gasteiger partial charge on any atom is 0.163 e. The lowest BCUT2D eigenvalue weighted by Gasteiger charge is -2.05. The first kappa shape index (κ1) is 8.83. The Morgan fingerprint density at radius 3 is 2.86 bits per heavy atom. The van der Waals surface area contributed by atoms with Crippen LogP contribution in [0, 0.1) is 0 Å². The van der Waals surface area contributed by atoms with Crippen molar-refractivity contribution in [2.45, 2.75) is 0 Å². The molecule has 0 atom stereocenters. The highest BCUT2D eigenvalue weighted by Gasteiger charge is 2.07. The molecule has 2 heterocycles. The molecule has 2 N–H and O–H groups in total. The molecule has 5 heteroatoms. The molecule has 2 aromatic heterocycles. The van der Waals surface area contributed by atoms with Crippen molar-refractivity contribution in [2.75, 3.05) is 0 Å². The van der Waals surface area contributed by atoms with Crippen molar-refractivity contribution in [1.82, 2.24) is 14.8 Å². The topological polar surface area (TPSA) is 56.7 Å². The third-order valence-corrected chi connectivity index (χ3v) is 1.99. The molecule has 0 aliphatic heterocycles. The smallest absolute Gasteiger partial charge is 0.163 e. The number of pyridine rings is 1. The molecule has 0 aliphatic rings. The summed E-state index contributed by atoms with van der Waals surface area (Å²) in [4.78, 5) is 4.50. The van der Waals surface area contributed by atoms with E-state index < -0.39 is 0 Å². The third kappa shape index (κ3) is 1.49. The Bertz CT molecular complexity index is 450. The fourth-order valence-electron chi connectivity index (χ4n) is 1.17. The molecule has 0 spiro atoms. The normalized spacial score (nSPS) is 10.0. The van der Waals surface area contributed by atoms with E-state index >= 15 is 0 Å². The van der Waals surface area contributed by atoms with Crippen LogP contribution in [0.3, 0.4) is 0 Å². The van der Waals surface area contributed by atoms with E-state index in [2.05, 4.69) is 10.1 Å². The van der Waals surface area contributed by atoms with Gasteiger partial charge in [-0.2, -0.15) is 5.10 Å². The molecule has 2 rings (SSSR count). The van der Waals surface area contributed by atoms with Gasteiger partial charge in [-0.1, -0.05) is 12.2 Å². The average Bonchev–Trinajstić information content (AvgIpc) is 2.70. The van der Waals surface area contributed by atoms with Gasteiger partial charge in [-0.25, -0.2) is 9.67 Å². The van der Waals surface area contributed by atoms with E-state index in [0.29, 0.717) is 10.8 Å². The Hall–Kier alpha value is -1.75. The van der Waals surface area contributed by atoms with Crippen LogP contribution in [0.4, 0.5) is 0 Å². The van der Waals surface area contributed by atoms with E-state index in [1.54, 1.807) is 29.3 Å². The number of nitrogens with zero attached hydrogens (tertiary/aromatic N) is 3. The highest BCUT2D eigenvalue weighted by atomic mass is 32.1. The molecular weight excluding hydrogens is 196 g/mol. The summed E-state index contributed by atoms with van der Waals surface area (Å²) in [5.41, 5.74) is 6.30. The molecule has 14 heavy (non-hydrogen) atoms. The van der Waals surface area contributed by atoms with Crippen molar-refractivity contribution in [2.24, 2.45) is 5.73 Å². The zero-order chi connectivity index (χ0) is 9.97. The lowest BCUT2D eigenvalue weighted by atomic mass is 10.2. The van der Waals surface area contributed by atoms with Crippen LogP contribution in [0.15, 0.2) is 36.8 Å². The van der Waals surface area contributed by atoms with Gasteiger partial charge < -0.3 is 5.73 Å². The van der Waals surface area contributed by atoms with Crippen LogP contribution in [0.25, 0.3) is 5.82 Å². The lowest BCUT2D eigenvalue weighted by Crippen LogP contribution is -2.14. The first-order valence-corrected chi connectivity index (χ1v) is 4.44. The maximum absolute atomic E-state index is 5.57. The standard InChI is InChI=1S/C9H8N4S/c10-8(14)7-3-1-4-11-9(7)13-6-2-5-12-13/h1-6H,(H2,10,14). The second-order valence-electron chi connectivity index (χ2n) is 2.69. The molecule has 2 aromatic rings. The van der Waals surface area contributed by atoms with Crippen molar-refractivity contribution in [1.29, 1.82) is 0 Å². The second-order valence-corrected chi connectivity index (χ2v) is 3.13. The molecule has 4 nitrogen and oxygen atoms in total. The van der Waals surface area contributed by atoms with Gasteiger partial charge in [-0.05, 0) is 18.2 Å². The Balaban J connectivity index is 2.58. The second kappa shape index (κ2) is 3.55. The van der Waals surface area contributed by atoms with E-state index in [-0.39, 0.29) is 0 Å². The largest absolute Gasteiger partial charge is 0.389 e. The summed E-state index contributed by atoms with van der Waals surface area (Å²) >= 11 is 4.92. The molecule has 0 unspecified atom stereocenters. The fourth-order valence-corrected chi connectivity index (χ4v) is 1.33. The SMILES string of the molecule is NC(=S)c1cccnc1-n1cccn1. The van der Waals surface area contributed by atoms with Crippen molar-refractivity contribution < 1.29 is 0 Å². The number of hydrogen-bond acceptors (Lipinski definition) is 3. The van der Waals surface area contributed by atoms with E-state index in [1.807, 2.05) is 12.1 Å². The summed E-state index contributed by atoms with van der Waals surface area (Å²) in [6.07, 6.45) is 5.15. The van der Waals surface area contributed by atoms with Gasteiger partial charge in [0, 0.05) is 18.6 Å². The molecule has 0 aliphatic carbocycles. The third-order valence-electron chi connectivity index (χ3n) is 1.77. The van der Waals surface area contributed by atoms with Crippen LogP contribution in [0.5, 0.6) is 0 Å². The Kier molecular flexibility index (Phi) is 2.24. The summed E-state index contributed by atoms with van der Waals surface area (Å²) in [6.45, 7) is 0. The molecule has 0 aromatic carbocycles. The highest BCUT2D eigenvalue weighted by molar-refractivity contribution is 7.80. The highest BCUT2D eigenvalue weighted by Crippen LogP contribution is 2.09. The minimum absolute atomic E-state index is 0.323. The predicted octanol–water partition coefficient (Wildman–Crippen LogP) is 0.901. The Morgan fingerprint density at radius 2 is 2.21 bits per heavy atom. The minimum Gasteiger partial charge on any atom is -0.389 e. The van der Waals surface area contributed by atoms with Crippen LogP contribution in [-0.2, 0) is 0 Å². The van der Waals surface area contributed by atoms with Gasteiger partial charge in [0.15, 0.2) is 5.82 Å². The quantitative estimate of drug-likeness (QED) is 0.738. The van der Waals surface area contributed by atoms with Gasteiger partial charge in [0.2, 0.25) is 0 Å². The van der Waals surface area contributed by atoms with Gasteiger partial charge in [-0.3, -0.25) is 0 Å². The van der Waals surface area contributed by atoms with Gasteiger partial charge in [0.1, 0.15) is 4.99 Å². The minimum atomic E-state index is 0.323. The molecule has 0 fully saturated rings. The van der Waals surface area contributed by atoms with Crippen molar-refractivity contribution in [3.8, 4) is 5.82 Å². The van der Waals surface area contributed by atoms with Gasteiger partial charge in [0.05, 0.1) is 5.56 Å². The van der Waals surface area contributed by atoms with Gasteiger partial charge in [0.25, 0.3) is 0 Å². The Labute approximate surface area is 86.4 Å². The molecule has 0 bridgehead atoms. The molecule has 0 saturated carbocycles. The monoisotopic (exact) mass is 204 g/mol. The fraction of sp³-hybridized carbons (Fsp3) is 0. The number of hydrogen-bond donors (Lipinski definition) is 1. The molecule has 0 amide bonds. The van der Waals surface area contributed by atoms with Crippen LogP contribution in [0.2, 0.25) is 0 Å². The summed E-state index contributed by atoms with van der Waals surface area (Å²) in [5, 5.41) is 4.07. The zero-order valence-corrected chi connectivity index (χ0v) is 8.11. The summed E-state index contributed by atoms with van der Waals surface area (Å²) in [5.74, 6) is 0.657. The maximum atomic E-state index is 5.57. The van der Waals surface area contributed by atoms with Gasteiger partial charge in [-0.15, -0.1) is 0 Å². The Morgan fingerprint density at radius 1 is 1.36 bits per heavy atom. The summed E-state index contributed by atoms with van der Waals surface area (Å²) in [6, 6.07) is 5.44. The molecule has 70 valence electrons. The first-order valence-electron chi connectivity index (χ1n) is 4.04. The first-order chi connectivity index (χ1) is 6.79. The zero-order valence-electron chi connectivity index (χ0n) is 7.29. The number of thiocarbonyl (C=S) groups is 1. The lowest BCUT2D eigenvalue weighted by molar-refractivity contribution is 0.845. The van der Waals surface area contributed by atoms with Crippen molar-refractivity contribution in [3.63, 3.8) is 0 Å². The van der Waals surface area contributed by atoms with Crippen LogP contribution in [-0.4, -0.2) is 19.8 Å². The average molecular weight is 204 g/mol. The molecule has 0 radical (unpaired) electrons. The van der Waals surface area contributed by atoms with Crippen molar-refractivity contribution >= 4 is 17.2 Å². The number of nitrogens with two attached hydrogens (primary N) is 1. The molecule has 0 saturated heterocycles. The number of aromatic nitrogens is 3. The van der Waals surface area contributed by atoms with Crippen LogP contribution < -0.4 is 5.73 Å². The van der Waals surface area contributed by atoms with Crippen molar-refractivity contribution in [3.05, 3.63) is 42.4 Å².